The lowest BCUT2D eigenvalue weighted by molar-refractivity contribution is -0.137. The zero-order valence-corrected chi connectivity index (χ0v) is 11.9. The quantitative estimate of drug-likeness (QED) is 0.894. The summed E-state index contributed by atoms with van der Waals surface area (Å²) in [5.74, 6) is -0.179. The lowest BCUT2D eigenvalue weighted by Crippen LogP contribution is -2.24. The smallest absolute Gasteiger partial charge is 0.304 e. The average molecular weight is 323 g/mol. The van der Waals surface area contributed by atoms with Crippen LogP contribution in [-0.2, 0) is 11.0 Å². The van der Waals surface area contributed by atoms with Crippen LogP contribution in [0.5, 0.6) is 0 Å². The number of nitrogens with zero attached hydrogens (tertiary/aromatic N) is 1. The van der Waals surface area contributed by atoms with Crippen LogP contribution < -0.4 is 5.32 Å². The molecule has 0 bridgehead atoms. The summed E-state index contributed by atoms with van der Waals surface area (Å²) in [6.45, 7) is 1.85. The van der Waals surface area contributed by atoms with E-state index in [1.54, 1.807) is 0 Å². The van der Waals surface area contributed by atoms with E-state index in [0.717, 1.165) is 12.1 Å². The Bertz CT molecular complexity index is 574. The molecule has 2 rings (SSSR count). The van der Waals surface area contributed by atoms with Gasteiger partial charge in [0.25, 0.3) is 0 Å². The molecule has 1 atom stereocenters. The minimum absolute atomic E-state index is 0.0984. The minimum Gasteiger partial charge on any atom is -0.304 e. The third-order valence-corrected chi connectivity index (χ3v) is 4.21. The van der Waals surface area contributed by atoms with Crippen molar-refractivity contribution in [2.75, 3.05) is 0 Å². The van der Waals surface area contributed by atoms with Gasteiger partial charge < -0.3 is 5.32 Å². The maximum absolute atomic E-state index is 12.7. The molecule has 0 spiro atoms. The predicted octanol–water partition coefficient (Wildman–Crippen LogP) is 3.99. The number of hydrogen-bond donors (Lipinski definition) is 1. The number of hydrogen-bond acceptors (Lipinski definition) is 3. The lowest BCUT2D eigenvalue weighted by atomic mass is 10.2. The Morgan fingerprint density at radius 3 is 2.70 bits per heavy atom. The number of rotatable bonds is 2. The molecule has 0 radical (unpaired) electrons. The first kappa shape index (κ1) is 15.2. The number of benzene rings is 1. The van der Waals surface area contributed by atoms with Gasteiger partial charge in [-0.1, -0.05) is 30.3 Å². The van der Waals surface area contributed by atoms with E-state index in [0.29, 0.717) is 11.6 Å². The summed E-state index contributed by atoms with van der Waals surface area (Å²) in [5, 5.41) is 2.21. The number of aliphatic imine (C=N–C) groups is 1. The summed E-state index contributed by atoms with van der Waals surface area (Å²) in [6, 6.07) is 3.38. The number of carbonyl (C=O) groups is 1. The summed E-state index contributed by atoms with van der Waals surface area (Å²) in [6.07, 6.45) is -3.91. The van der Waals surface area contributed by atoms with E-state index in [4.69, 9.17) is 11.6 Å². The monoisotopic (exact) mass is 322 g/mol. The van der Waals surface area contributed by atoms with Crippen LogP contribution >= 0.6 is 23.4 Å². The van der Waals surface area contributed by atoms with Gasteiger partial charge in [-0.05, 0) is 24.6 Å². The Balaban J connectivity index is 2.29. The van der Waals surface area contributed by atoms with Gasteiger partial charge in [-0.2, -0.15) is 13.2 Å². The molecule has 108 valence electrons. The highest BCUT2D eigenvalue weighted by Crippen LogP contribution is 2.37. The summed E-state index contributed by atoms with van der Waals surface area (Å²) in [5.41, 5.74) is -0.844. The Morgan fingerprint density at radius 2 is 2.15 bits per heavy atom. The van der Waals surface area contributed by atoms with E-state index < -0.39 is 11.7 Å². The first-order valence-electron chi connectivity index (χ1n) is 5.74. The average Bonchev–Trinajstić information content (AvgIpc) is 2.70. The van der Waals surface area contributed by atoms with E-state index in [9.17, 15) is 18.0 Å². The molecule has 1 amide bonds. The molecule has 0 aliphatic carbocycles. The van der Waals surface area contributed by atoms with Crippen molar-refractivity contribution in [3.05, 3.63) is 28.8 Å². The predicted molar refractivity (Wildman–Crippen MR) is 73.4 cm³/mol. The summed E-state index contributed by atoms with van der Waals surface area (Å²) in [4.78, 5) is 15.5. The standard InChI is InChI=1S/C12H10ClF3N2OS/c1-2-9-10(19)18-11(20-9)17-6-3-4-8(13)7(5-6)12(14,15)16/h3-5,9H,2H2,1H3,(H,17,18,19)/t9-/m1/s1. The van der Waals surface area contributed by atoms with Crippen molar-refractivity contribution in [1.82, 2.24) is 5.32 Å². The topological polar surface area (TPSA) is 41.5 Å². The van der Waals surface area contributed by atoms with Gasteiger partial charge in [-0.25, -0.2) is 4.99 Å². The third kappa shape index (κ3) is 3.27. The Morgan fingerprint density at radius 1 is 1.45 bits per heavy atom. The van der Waals surface area contributed by atoms with Crippen LogP contribution in [0.4, 0.5) is 18.9 Å². The number of halogens is 4. The normalized spacial score (nSPS) is 21.4. The molecule has 1 aliphatic rings. The highest BCUT2D eigenvalue weighted by atomic mass is 35.5. The first-order valence-corrected chi connectivity index (χ1v) is 7.00. The minimum atomic E-state index is -4.54. The summed E-state index contributed by atoms with van der Waals surface area (Å²) in [7, 11) is 0. The fourth-order valence-electron chi connectivity index (χ4n) is 1.64. The van der Waals surface area contributed by atoms with Crippen molar-refractivity contribution < 1.29 is 18.0 Å². The molecule has 1 fully saturated rings. The second-order valence-electron chi connectivity index (χ2n) is 4.08. The van der Waals surface area contributed by atoms with Gasteiger partial charge in [-0.15, -0.1) is 0 Å². The third-order valence-electron chi connectivity index (χ3n) is 2.63. The van der Waals surface area contributed by atoms with Crippen LogP contribution in [0.25, 0.3) is 0 Å². The number of thioether (sulfide) groups is 1. The molecule has 0 aromatic heterocycles. The first-order chi connectivity index (χ1) is 9.31. The highest BCUT2D eigenvalue weighted by Gasteiger charge is 2.33. The van der Waals surface area contributed by atoms with Crippen LogP contribution in [0.2, 0.25) is 5.02 Å². The molecule has 1 saturated heterocycles. The molecule has 1 aliphatic heterocycles. The van der Waals surface area contributed by atoms with Crippen LogP contribution in [0, 0.1) is 0 Å². The Hall–Kier alpha value is -1.21. The van der Waals surface area contributed by atoms with E-state index in [2.05, 4.69) is 10.3 Å². The Labute approximate surface area is 122 Å². The number of amidine groups is 1. The molecular weight excluding hydrogens is 313 g/mol. The maximum atomic E-state index is 12.7. The van der Waals surface area contributed by atoms with Gasteiger partial charge >= 0.3 is 6.18 Å². The van der Waals surface area contributed by atoms with E-state index in [1.807, 2.05) is 6.92 Å². The van der Waals surface area contributed by atoms with E-state index >= 15 is 0 Å². The zero-order valence-electron chi connectivity index (χ0n) is 10.3. The molecule has 1 N–H and O–H groups in total. The molecule has 1 heterocycles. The van der Waals surface area contributed by atoms with Crippen molar-refractivity contribution in [2.24, 2.45) is 4.99 Å². The fraction of sp³-hybridized carbons (Fsp3) is 0.333. The lowest BCUT2D eigenvalue weighted by Gasteiger charge is -2.09. The molecule has 1 aromatic carbocycles. The summed E-state index contributed by atoms with van der Waals surface area (Å²) < 4.78 is 38.1. The van der Waals surface area contributed by atoms with Crippen molar-refractivity contribution in [1.29, 1.82) is 0 Å². The highest BCUT2D eigenvalue weighted by molar-refractivity contribution is 8.15. The van der Waals surface area contributed by atoms with Crippen LogP contribution in [-0.4, -0.2) is 16.3 Å². The number of amides is 1. The van der Waals surface area contributed by atoms with Gasteiger partial charge in [0.15, 0.2) is 5.17 Å². The maximum Gasteiger partial charge on any atom is 0.417 e. The van der Waals surface area contributed by atoms with Crippen LogP contribution in [0.3, 0.4) is 0 Å². The SMILES string of the molecule is CC[C@H]1SC(=Nc2ccc(Cl)c(C(F)(F)F)c2)NC1=O. The second-order valence-corrected chi connectivity index (χ2v) is 5.68. The van der Waals surface area contributed by atoms with Crippen molar-refractivity contribution in [3.63, 3.8) is 0 Å². The molecule has 0 saturated carbocycles. The zero-order chi connectivity index (χ0) is 14.9. The van der Waals surface area contributed by atoms with Gasteiger partial charge in [-0.3, -0.25) is 4.79 Å². The van der Waals surface area contributed by atoms with Crippen LogP contribution in [0.1, 0.15) is 18.9 Å². The molecule has 0 unspecified atom stereocenters. The number of carbonyl (C=O) groups excluding carboxylic acids is 1. The van der Waals surface area contributed by atoms with Crippen molar-refractivity contribution in [2.45, 2.75) is 24.8 Å². The largest absolute Gasteiger partial charge is 0.417 e. The van der Waals surface area contributed by atoms with Gasteiger partial charge in [0.1, 0.15) is 0 Å². The van der Waals surface area contributed by atoms with Gasteiger partial charge in [0.05, 0.1) is 21.5 Å². The molecule has 20 heavy (non-hydrogen) atoms. The van der Waals surface area contributed by atoms with E-state index in [1.165, 1.54) is 17.8 Å². The molecule has 8 heteroatoms. The summed E-state index contributed by atoms with van der Waals surface area (Å²) >= 11 is 6.73. The second kappa shape index (κ2) is 5.65. The molecule has 1 aromatic rings. The van der Waals surface area contributed by atoms with E-state index in [-0.39, 0.29) is 21.9 Å². The molecular formula is C12H10ClF3N2OS. The Kier molecular flexibility index (Phi) is 4.29. The molecule has 3 nitrogen and oxygen atoms in total. The van der Waals surface area contributed by atoms with Crippen LogP contribution in [0.15, 0.2) is 23.2 Å². The number of alkyl halides is 3. The fourth-order valence-corrected chi connectivity index (χ4v) is 2.79. The van der Waals surface area contributed by atoms with Crippen molar-refractivity contribution >= 4 is 40.1 Å². The van der Waals surface area contributed by atoms with Gasteiger partial charge in [0.2, 0.25) is 5.91 Å². The number of nitrogens with one attached hydrogen (secondary N) is 1. The van der Waals surface area contributed by atoms with Crippen molar-refractivity contribution in [3.8, 4) is 0 Å². The van der Waals surface area contributed by atoms with Gasteiger partial charge in [0, 0.05) is 0 Å².